The van der Waals surface area contributed by atoms with Crippen molar-refractivity contribution in [3.05, 3.63) is 87.0 Å². The molecule has 0 atom stereocenters. The minimum atomic E-state index is -0.609. The smallest absolute Gasteiger partial charge is 0.340 e. The summed E-state index contributed by atoms with van der Waals surface area (Å²) in [4.78, 5) is 46.2. The van der Waals surface area contributed by atoms with E-state index < -0.39 is 5.97 Å². The second kappa shape index (κ2) is 9.97. The quantitative estimate of drug-likeness (QED) is 0.292. The molecule has 35 heavy (non-hydrogen) atoms. The molecule has 3 aromatic rings. The Kier molecular flexibility index (Phi) is 6.82. The first kappa shape index (κ1) is 23.9. The lowest BCUT2D eigenvalue weighted by molar-refractivity contribution is -0.138. The number of fused-ring (bicyclic) bond motifs is 2. The number of aryl methyl sites for hydroxylation is 1. The van der Waals surface area contributed by atoms with Gasteiger partial charge < -0.3 is 14.4 Å². The SMILES string of the molecule is CCCN1/C(=C/C(=O)c2ccc(OC)cc2)C(C(=O)OCC)=Cc2c1nc1c(C)cccn1c2=O. The van der Waals surface area contributed by atoms with Crippen LogP contribution >= 0.6 is 0 Å². The molecule has 4 rings (SSSR count). The van der Waals surface area contributed by atoms with Crippen LogP contribution in [0.15, 0.2) is 64.7 Å². The topological polar surface area (TPSA) is 90.2 Å². The van der Waals surface area contributed by atoms with E-state index in [1.807, 2.05) is 19.9 Å². The Morgan fingerprint density at radius 2 is 1.86 bits per heavy atom. The lowest BCUT2D eigenvalue weighted by atomic mass is 9.99. The average molecular weight is 474 g/mol. The van der Waals surface area contributed by atoms with Crippen LogP contribution in [0, 0.1) is 6.92 Å². The van der Waals surface area contributed by atoms with E-state index >= 15 is 0 Å². The van der Waals surface area contributed by atoms with Gasteiger partial charge in [0, 0.05) is 24.4 Å². The van der Waals surface area contributed by atoms with Crippen LogP contribution in [0.2, 0.25) is 0 Å². The minimum absolute atomic E-state index is 0.140. The first-order valence-corrected chi connectivity index (χ1v) is 11.5. The van der Waals surface area contributed by atoms with Gasteiger partial charge in [0.2, 0.25) is 0 Å². The van der Waals surface area contributed by atoms with E-state index in [1.54, 1.807) is 55.5 Å². The van der Waals surface area contributed by atoms with Crippen molar-refractivity contribution in [3.63, 3.8) is 0 Å². The Bertz CT molecular complexity index is 1420. The van der Waals surface area contributed by atoms with Crippen molar-refractivity contribution >= 4 is 29.3 Å². The molecule has 0 unspecified atom stereocenters. The van der Waals surface area contributed by atoms with Crippen LogP contribution < -0.4 is 15.2 Å². The molecule has 0 radical (unpaired) electrons. The number of ketones is 1. The van der Waals surface area contributed by atoms with Crippen LogP contribution in [0.25, 0.3) is 11.7 Å². The number of esters is 1. The van der Waals surface area contributed by atoms with Crippen molar-refractivity contribution in [1.82, 2.24) is 9.38 Å². The molecular formula is C27H27N3O5. The van der Waals surface area contributed by atoms with E-state index in [9.17, 15) is 14.4 Å². The maximum Gasteiger partial charge on any atom is 0.340 e. The molecule has 0 spiro atoms. The van der Waals surface area contributed by atoms with Crippen molar-refractivity contribution < 1.29 is 19.1 Å². The molecule has 8 nitrogen and oxygen atoms in total. The van der Waals surface area contributed by atoms with Gasteiger partial charge in [-0.2, -0.15) is 0 Å². The van der Waals surface area contributed by atoms with Gasteiger partial charge in [-0.25, -0.2) is 9.78 Å². The van der Waals surface area contributed by atoms with Gasteiger partial charge >= 0.3 is 5.97 Å². The summed E-state index contributed by atoms with van der Waals surface area (Å²) in [6.45, 7) is 6.16. The Labute approximate surface area is 203 Å². The number of allylic oxidation sites excluding steroid dienone is 1. The summed E-state index contributed by atoms with van der Waals surface area (Å²) >= 11 is 0. The van der Waals surface area contributed by atoms with Gasteiger partial charge in [0.25, 0.3) is 5.56 Å². The molecular weight excluding hydrogens is 446 g/mol. The largest absolute Gasteiger partial charge is 0.497 e. The van der Waals surface area contributed by atoms with E-state index in [0.29, 0.717) is 41.4 Å². The van der Waals surface area contributed by atoms with E-state index in [1.165, 1.54) is 16.6 Å². The van der Waals surface area contributed by atoms with Crippen LogP contribution in [-0.4, -0.2) is 41.4 Å². The summed E-state index contributed by atoms with van der Waals surface area (Å²) < 4.78 is 11.9. The number of hydrogen-bond acceptors (Lipinski definition) is 7. The van der Waals surface area contributed by atoms with Gasteiger partial charge in [-0.15, -0.1) is 0 Å². The first-order chi connectivity index (χ1) is 16.9. The number of aromatic nitrogens is 2. The fourth-order valence-electron chi connectivity index (χ4n) is 4.05. The van der Waals surface area contributed by atoms with Gasteiger partial charge in [-0.1, -0.05) is 13.0 Å². The predicted octanol–water partition coefficient (Wildman–Crippen LogP) is 3.95. The molecule has 1 aliphatic rings. The monoisotopic (exact) mass is 473 g/mol. The van der Waals surface area contributed by atoms with Crippen LogP contribution in [0.5, 0.6) is 5.75 Å². The fraction of sp³-hybridized carbons (Fsp3) is 0.259. The molecule has 0 N–H and O–H groups in total. The molecule has 8 heteroatoms. The molecule has 0 bridgehead atoms. The maximum atomic E-state index is 13.4. The average Bonchev–Trinajstić information content (AvgIpc) is 2.86. The van der Waals surface area contributed by atoms with Gasteiger partial charge in [0.1, 0.15) is 17.2 Å². The van der Waals surface area contributed by atoms with Crippen LogP contribution in [0.4, 0.5) is 5.82 Å². The summed E-state index contributed by atoms with van der Waals surface area (Å²) in [7, 11) is 1.55. The van der Waals surface area contributed by atoms with Gasteiger partial charge in [0.15, 0.2) is 5.78 Å². The number of rotatable bonds is 7. The Morgan fingerprint density at radius 3 is 2.51 bits per heavy atom. The number of nitrogens with zero attached hydrogens (tertiary/aromatic N) is 3. The van der Waals surface area contributed by atoms with Crippen molar-refractivity contribution in [1.29, 1.82) is 0 Å². The van der Waals surface area contributed by atoms with Crippen LogP contribution in [0.1, 0.15) is 41.8 Å². The summed E-state index contributed by atoms with van der Waals surface area (Å²) in [5.74, 6) is 0.137. The molecule has 3 heterocycles. The number of anilines is 1. The Balaban J connectivity index is 1.95. The molecule has 180 valence electrons. The third kappa shape index (κ3) is 4.47. The van der Waals surface area contributed by atoms with Gasteiger partial charge in [-0.05, 0) is 62.2 Å². The summed E-state index contributed by atoms with van der Waals surface area (Å²) in [5.41, 5.74) is 2.27. The summed E-state index contributed by atoms with van der Waals surface area (Å²) in [5, 5.41) is 0. The molecule has 0 saturated carbocycles. The first-order valence-electron chi connectivity index (χ1n) is 11.5. The van der Waals surface area contributed by atoms with E-state index in [2.05, 4.69) is 0 Å². The Morgan fingerprint density at radius 1 is 1.11 bits per heavy atom. The van der Waals surface area contributed by atoms with Crippen molar-refractivity contribution in [3.8, 4) is 5.75 Å². The highest BCUT2D eigenvalue weighted by molar-refractivity contribution is 6.10. The number of benzene rings is 1. The molecule has 2 aromatic heterocycles. The third-order valence-corrected chi connectivity index (χ3v) is 5.76. The number of ether oxygens (including phenoxy) is 2. The zero-order valence-electron chi connectivity index (χ0n) is 20.2. The zero-order valence-corrected chi connectivity index (χ0v) is 20.2. The summed E-state index contributed by atoms with van der Waals surface area (Å²) in [6, 6.07) is 10.4. The van der Waals surface area contributed by atoms with Crippen LogP contribution in [0.3, 0.4) is 0 Å². The molecule has 0 aliphatic carbocycles. The van der Waals surface area contributed by atoms with Crippen molar-refractivity contribution in [2.24, 2.45) is 0 Å². The zero-order chi connectivity index (χ0) is 25.1. The molecule has 0 saturated heterocycles. The predicted molar refractivity (Wildman–Crippen MR) is 134 cm³/mol. The summed E-state index contributed by atoms with van der Waals surface area (Å²) in [6.07, 6.45) is 5.23. The van der Waals surface area contributed by atoms with E-state index in [-0.39, 0.29) is 29.1 Å². The second-order valence-corrected chi connectivity index (χ2v) is 8.09. The maximum absolute atomic E-state index is 13.4. The number of hydrogen-bond donors (Lipinski definition) is 0. The van der Waals surface area contributed by atoms with Crippen molar-refractivity contribution in [2.45, 2.75) is 27.2 Å². The number of carbonyl (C=O) groups is 2. The molecule has 1 aliphatic heterocycles. The minimum Gasteiger partial charge on any atom is -0.497 e. The Hall–Kier alpha value is -4.20. The third-order valence-electron chi connectivity index (χ3n) is 5.76. The molecule has 0 fully saturated rings. The van der Waals surface area contributed by atoms with E-state index in [4.69, 9.17) is 14.5 Å². The number of carbonyl (C=O) groups excluding carboxylic acids is 2. The van der Waals surface area contributed by atoms with Crippen LogP contribution in [-0.2, 0) is 9.53 Å². The highest BCUT2D eigenvalue weighted by atomic mass is 16.5. The fourth-order valence-corrected chi connectivity index (χ4v) is 4.05. The highest BCUT2D eigenvalue weighted by Gasteiger charge is 2.32. The highest BCUT2D eigenvalue weighted by Crippen LogP contribution is 2.34. The lowest BCUT2D eigenvalue weighted by Crippen LogP contribution is -2.35. The molecule has 1 aromatic carbocycles. The second-order valence-electron chi connectivity index (χ2n) is 8.09. The molecule has 0 amide bonds. The van der Waals surface area contributed by atoms with Gasteiger partial charge in [0.05, 0.1) is 30.6 Å². The van der Waals surface area contributed by atoms with E-state index in [0.717, 1.165) is 5.56 Å². The lowest BCUT2D eigenvalue weighted by Gasteiger charge is -2.32. The van der Waals surface area contributed by atoms with Gasteiger partial charge in [-0.3, -0.25) is 14.0 Å². The number of methoxy groups -OCH3 is 1. The van der Waals surface area contributed by atoms with Crippen molar-refractivity contribution in [2.75, 3.05) is 25.2 Å². The standard InChI is InChI=1S/C27H27N3O5/c1-5-13-29-22(16-23(31)18-9-11-19(34-4)12-10-18)20(27(33)35-6-2)15-21-25(29)28-24-17(3)8-7-14-30(24)26(21)32/h7-12,14-16H,5-6,13H2,1-4H3/b22-16+. The normalized spacial score (nSPS) is 14.0. The number of pyridine rings is 1.